The molecule has 2 rings (SSSR count). The third-order valence-electron chi connectivity index (χ3n) is 1.93. The van der Waals surface area contributed by atoms with Crippen molar-refractivity contribution in [2.45, 2.75) is 13.5 Å². The molecule has 2 aromatic rings. The van der Waals surface area contributed by atoms with Crippen LogP contribution in [0, 0.1) is 0 Å². The molecule has 0 aromatic carbocycles. The first-order chi connectivity index (χ1) is 7.69. The highest BCUT2D eigenvalue weighted by molar-refractivity contribution is 7.14. The zero-order chi connectivity index (χ0) is 11.5. The zero-order valence-electron chi connectivity index (χ0n) is 8.54. The van der Waals surface area contributed by atoms with E-state index in [1.54, 1.807) is 10.9 Å². The minimum atomic E-state index is -1.02. The molecule has 0 bridgehead atoms. The van der Waals surface area contributed by atoms with Gasteiger partial charge in [0.15, 0.2) is 10.8 Å². The lowest BCUT2D eigenvalue weighted by molar-refractivity contribution is 0.0691. The molecule has 0 unspecified atom stereocenters. The summed E-state index contributed by atoms with van der Waals surface area (Å²) in [6.07, 6.45) is 3.51. The Bertz CT molecular complexity index is 505. The van der Waals surface area contributed by atoms with Gasteiger partial charge in [0.1, 0.15) is 0 Å². The summed E-state index contributed by atoms with van der Waals surface area (Å²) in [5.41, 5.74) is 0.850. The van der Waals surface area contributed by atoms with Crippen LogP contribution in [0.5, 0.6) is 0 Å². The predicted molar refractivity (Wildman–Crippen MR) is 60.3 cm³/mol. The number of thiazole rings is 1. The van der Waals surface area contributed by atoms with Gasteiger partial charge in [0.2, 0.25) is 0 Å². The summed E-state index contributed by atoms with van der Waals surface area (Å²) < 4.78 is 1.77. The zero-order valence-corrected chi connectivity index (χ0v) is 9.36. The molecule has 7 heteroatoms. The van der Waals surface area contributed by atoms with Crippen LogP contribution in [0.4, 0.5) is 10.8 Å². The van der Waals surface area contributed by atoms with Crippen LogP contribution in [0.25, 0.3) is 0 Å². The third-order valence-corrected chi connectivity index (χ3v) is 2.69. The number of hydrogen-bond donors (Lipinski definition) is 2. The molecule has 2 aromatic heterocycles. The van der Waals surface area contributed by atoms with Gasteiger partial charge >= 0.3 is 5.97 Å². The van der Waals surface area contributed by atoms with Crippen molar-refractivity contribution in [2.75, 3.05) is 5.32 Å². The summed E-state index contributed by atoms with van der Waals surface area (Å²) in [5, 5.41) is 17.8. The Hall–Kier alpha value is -1.89. The van der Waals surface area contributed by atoms with Gasteiger partial charge in [0, 0.05) is 18.1 Å². The summed E-state index contributed by atoms with van der Waals surface area (Å²) in [5.74, 6) is -1.02. The topological polar surface area (TPSA) is 80.0 Å². The van der Waals surface area contributed by atoms with E-state index in [1.165, 1.54) is 16.7 Å². The van der Waals surface area contributed by atoms with Crippen molar-refractivity contribution in [3.63, 3.8) is 0 Å². The fourth-order valence-electron chi connectivity index (χ4n) is 1.15. The average Bonchev–Trinajstić information content (AvgIpc) is 2.87. The van der Waals surface area contributed by atoms with E-state index in [4.69, 9.17) is 5.11 Å². The molecule has 0 atom stereocenters. The molecule has 2 heterocycles. The summed E-state index contributed by atoms with van der Waals surface area (Å²) in [6.45, 7) is 2.78. The summed E-state index contributed by atoms with van der Waals surface area (Å²) in [6, 6.07) is 0. The van der Waals surface area contributed by atoms with E-state index in [0.717, 1.165) is 12.2 Å². The van der Waals surface area contributed by atoms with E-state index in [9.17, 15) is 4.79 Å². The largest absolute Gasteiger partial charge is 0.476 e. The molecule has 0 fully saturated rings. The number of aromatic nitrogens is 3. The summed E-state index contributed by atoms with van der Waals surface area (Å²) >= 11 is 1.25. The van der Waals surface area contributed by atoms with Crippen molar-refractivity contribution in [1.29, 1.82) is 0 Å². The SMILES string of the molecule is CCn1cc(Nc2nc(C(=O)O)cs2)cn1. The Morgan fingerprint density at radius 3 is 3.06 bits per heavy atom. The maximum atomic E-state index is 10.6. The first-order valence-electron chi connectivity index (χ1n) is 4.67. The highest BCUT2D eigenvalue weighted by Gasteiger charge is 2.08. The highest BCUT2D eigenvalue weighted by Crippen LogP contribution is 2.20. The number of hydrogen-bond acceptors (Lipinski definition) is 5. The molecule has 0 aliphatic carbocycles. The molecule has 2 N–H and O–H groups in total. The maximum absolute atomic E-state index is 10.6. The smallest absolute Gasteiger partial charge is 0.355 e. The van der Waals surface area contributed by atoms with E-state index >= 15 is 0 Å². The summed E-state index contributed by atoms with van der Waals surface area (Å²) in [7, 11) is 0. The quantitative estimate of drug-likeness (QED) is 0.849. The van der Waals surface area contributed by atoms with Crippen LogP contribution in [0.3, 0.4) is 0 Å². The maximum Gasteiger partial charge on any atom is 0.355 e. The Labute approximate surface area is 95.6 Å². The van der Waals surface area contributed by atoms with Gasteiger partial charge in [-0.2, -0.15) is 5.10 Å². The van der Waals surface area contributed by atoms with Crippen molar-refractivity contribution in [3.05, 3.63) is 23.5 Å². The number of carboxylic acid groups (broad SMARTS) is 1. The second-order valence-electron chi connectivity index (χ2n) is 3.05. The fourth-order valence-corrected chi connectivity index (χ4v) is 1.86. The molecule has 0 radical (unpaired) electrons. The number of carbonyl (C=O) groups is 1. The van der Waals surface area contributed by atoms with Gasteiger partial charge in [-0.25, -0.2) is 9.78 Å². The van der Waals surface area contributed by atoms with Gasteiger partial charge in [-0.15, -0.1) is 11.3 Å². The van der Waals surface area contributed by atoms with E-state index in [2.05, 4.69) is 15.4 Å². The molecule has 0 aliphatic heterocycles. The Kier molecular flexibility index (Phi) is 2.86. The molecule has 0 saturated carbocycles. The lowest BCUT2D eigenvalue weighted by Crippen LogP contribution is -1.97. The number of carboxylic acids is 1. The van der Waals surface area contributed by atoms with Crippen LogP contribution in [0.1, 0.15) is 17.4 Å². The van der Waals surface area contributed by atoms with Crippen LogP contribution >= 0.6 is 11.3 Å². The van der Waals surface area contributed by atoms with Crippen LogP contribution in [0.15, 0.2) is 17.8 Å². The van der Waals surface area contributed by atoms with Crippen molar-refractivity contribution in [3.8, 4) is 0 Å². The summed E-state index contributed by atoms with van der Waals surface area (Å²) in [4.78, 5) is 14.5. The Morgan fingerprint density at radius 1 is 1.69 bits per heavy atom. The van der Waals surface area contributed by atoms with E-state index in [-0.39, 0.29) is 5.69 Å². The molecule has 6 nitrogen and oxygen atoms in total. The molecule has 0 saturated heterocycles. The van der Waals surface area contributed by atoms with Gasteiger partial charge in [-0.1, -0.05) is 0 Å². The first kappa shape index (κ1) is 10.6. The monoisotopic (exact) mass is 238 g/mol. The van der Waals surface area contributed by atoms with Gasteiger partial charge in [0.25, 0.3) is 0 Å². The predicted octanol–water partition coefficient (Wildman–Crippen LogP) is 1.80. The van der Waals surface area contributed by atoms with Crippen molar-refractivity contribution in [2.24, 2.45) is 0 Å². The molecule has 84 valence electrons. The van der Waals surface area contributed by atoms with Crippen LogP contribution in [0.2, 0.25) is 0 Å². The number of nitrogens with zero attached hydrogens (tertiary/aromatic N) is 3. The van der Waals surface area contributed by atoms with Gasteiger partial charge in [0.05, 0.1) is 11.9 Å². The van der Waals surface area contributed by atoms with Crippen LogP contribution in [-0.2, 0) is 6.54 Å². The molecule has 0 amide bonds. The number of nitrogens with one attached hydrogen (secondary N) is 1. The molecule has 0 spiro atoms. The number of rotatable bonds is 4. The minimum absolute atomic E-state index is 0.0513. The van der Waals surface area contributed by atoms with Gasteiger partial charge < -0.3 is 10.4 Å². The average molecular weight is 238 g/mol. The third kappa shape index (κ3) is 2.19. The number of anilines is 2. The van der Waals surface area contributed by atoms with E-state index in [1.807, 2.05) is 13.1 Å². The standard InChI is InChI=1S/C9H10N4O2S/c1-2-13-4-6(3-10-13)11-9-12-7(5-16-9)8(14)15/h3-5H,2H2,1H3,(H,11,12)(H,14,15). The Morgan fingerprint density at radius 2 is 2.50 bits per heavy atom. The Balaban J connectivity index is 2.11. The molecular formula is C9H10N4O2S. The molecular weight excluding hydrogens is 228 g/mol. The second-order valence-corrected chi connectivity index (χ2v) is 3.91. The van der Waals surface area contributed by atoms with Crippen molar-refractivity contribution < 1.29 is 9.90 Å². The lowest BCUT2D eigenvalue weighted by atomic mass is 10.5. The van der Waals surface area contributed by atoms with Crippen molar-refractivity contribution in [1.82, 2.24) is 14.8 Å². The van der Waals surface area contributed by atoms with Gasteiger partial charge in [-0.3, -0.25) is 4.68 Å². The van der Waals surface area contributed by atoms with Crippen molar-refractivity contribution >= 4 is 28.1 Å². The van der Waals surface area contributed by atoms with Crippen LogP contribution in [-0.4, -0.2) is 25.8 Å². The second kappa shape index (κ2) is 4.31. The highest BCUT2D eigenvalue weighted by atomic mass is 32.1. The number of aryl methyl sites for hydroxylation is 1. The fraction of sp³-hybridized carbons (Fsp3) is 0.222. The van der Waals surface area contributed by atoms with E-state index in [0.29, 0.717) is 5.13 Å². The number of aromatic carboxylic acids is 1. The van der Waals surface area contributed by atoms with Gasteiger partial charge in [-0.05, 0) is 6.92 Å². The minimum Gasteiger partial charge on any atom is -0.476 e. The lowest BCUT2D eigenvalue weighted by Gasteiger charge is -1.96. The van der Waals surface area contributed by atoms with E-state index < -0.39 is 5.97 Å². The molecule has 0 aliphatic rings. The normalized spacial score (nSPS) is 10.3. The molecule has 16 heavy (non-hydrogen) atoms. The first-order valence-corrected chi connectivity index (χ1v) is 5.55. The van der Waals surface area contributed by atoms with Crippen LogP contribution < -0.4 is 5.32 Å².